The van der Waals surface area contributed by atoms with Gasteiger partial charge in [0.05, 0.1) is 12.4 Å². The van der Waals surface area contributed by atoms with E-state index in [1.807, 2.05) is 4.90 Å². The Balaban J connectivity index is 2.24. The number of thioether (sulfide) groups is 1. The molecule has 2 unspecified atom stereocenters. The van der Waals surface area contributed by atoms with E-state index in [1.54, 1.807) is 18.9 Å². The quantitative estimate of drug-likeness (QED) is 0.693. The summed E-state index contributed by atoms with van der Waals surface area (Å²) in [5, 5.41) is 0. The van der Waals surface area contributed by atoms with E-state index in [0.717, 1.165) is 25.4 Å². The molecule has 0 aromatic carbocycles. The molecule has 94 valence electrons. The molecule has 1 aliphatic heterocycles. The molecule has 2 atom stereocenters. The third-order valence-electron chi connectivity index (χ3n) is 2.88. The molecular formula is C12H23NO2S. The van der Waals surface area contributed by atoms with Crippen LogP contribution in [0.15, 0.2) is 0 Å². The number of amides is 1. The van der Waals surface area contributed by atoms with Gasteiger partial charge in [-0.1, -0.05) is 13.8 Å². The number of ether oxygens (including phenoxy) is 1. The number of hydrogen-bond acceptors (Lipinski definition) is 3. The molecule has 3 nitrogen and oxygen atoms in total. The largest absolute Gasteiger partial charge is 0.384 e. The van der Waals surface area contributed by atoms with E-state index in [1.165, 1.54) is 6.42 Å². The van der Waals surface area contributed by atoms with Crippen molar-refractivity contribution in [1.29, 1.82) is 0 Å². The number of carbonyl (C=O) groups is 1. The van der Waals surface area contributed by atoms with Gasteiger partial charge in [-0.25, -0.2) is 0 Å². The van der Waals surface area contributed by atoms with Crippen LogP contribution < -0.4 is 0 Å². The fraction of sp³-hybridized carbons (Fsp3) is 0.917. The first-order chi connectivity index (χ1) is 7.63. The van der Waals surface area contributed by atoms with Gasteiger partial charge in [0.15, 0.2) is 0 Å². The summed E-state index contributed by atoms with van der Waals surface area (Å²) in [6.07, 6.45) is 1.25. The van der Waals surface area contributed by atoms with E-state index in [2.05, 4.69) is 13.8 Å². The molecule has 0 aromatic heterocycles. The predicted molar refractivity (Wildman–Crippen MR) is 68.7 cm³/mol. The minimum absolute atomic E-state index is 0.291. The second-order valence-electron chi connectivity index (χ2n) is 4.79. The van der Waals surface area contributed by atoms with E-state index in [4.69, 9.17) is 4.74 Å². The number of carbonyl (C=O) groups excluding carboxylic acids is 1. The van der Waals surface area contributed by atoms with Crippen molar-refractivity contribution >= 4 is 17.7 Å². The number of rotatable bonds is 5. The molecule has 16 heavy (non-hydrogen) atoms. The van der Waals surface area contributed by atoms with Gasteiger partial charge in [0.25, 0.3) is 0 Å². The normalized spacial score (nSPS) is 25.8. The second-order valence-corrected chi connectivity index (χ2v) is 5.90. The lowest BCUT2D eigenvalue weighted by Crippen LogP contribution is -2.43. The number of likely N-dealkylation sites (tertiary alicyclic amines) is 1. The Labute approximate surface area is 103 Å². The highest BCUT2D eigenvalue weighted by atomic mass is 32.2. The topological polar surface area (TPSA) is 29.5 Å². The first-order valence-electron chi connectivity index (χ1n) is 5.98. The van der Waals surface area contributed by atoms with Gasteiger partial charge in [0, 0.05) is 26.0 Å². The lowest BCUT2D eigenvalue weighted by molar-refractivity contribution is -0.130. The lowest BCUT2D eigenvalue weighted by atomic mass is 9.92. The molecule has 0 spiro atoms. The number of methoxy groups -OCH3 is 1. The number of nitrogens with zero attached hydrogens (tertiary/aromatic N) is 1. The van der Waals surface area contributed by atoms with Gasteiger partial charge in [0.1, 0.15) is 0 Å². The van der Waals surface area contributed by atoms with E-state index < -0.39 is 0 Å². The molecule has 1 heterocycles. The molecule has 0 bridgehead atoms. The lowest BCUT2D eigenvalue weighted by Gasteiger charge is -2.35. The maximum Gasteiger partial charge on any atom is 0.232 e. The summed E-state index contributed by atoms with van der Waals surface area (Å²) in [6, 6.07) is 0. The average molecular weight is 245 g/mol. The van der Waals surface area contributed by atoms with Gasteiger partial charge in [0.2, 0.25) is 5.91 Å². The smallest absolute Gasteiger partial charge is 0.232 e. The second kappa shape index (κ2) is 7.17. The minimum atomic E-state index is 0.291. The Hall–Kier alpha value is -0.220. The Morgan fingerprint density at radius 2 is 2.00 bits per heavy atom. The zero-order valence-corrected chi connectivity index (χ0v) is 11.4. The van der Waals surface area contributed by atoms with Crippen LogP contribution in [0.4, 0.5) is 0 Å². The van der Waals surface area contributed by atoms with Crippen LogP contribution in [0, 0.1) is 11.8 Å². The molecule has 4 heteroatoms. The van der Waals surface area contributed by atoms with E-state index in [-0.39, 0.29) is 0 Å². The van der Waals surface area contributed by atoms with Crippen LogP contribution in [-0.4, -0.2) is 49.1 Å². The van der Waals surface area contributed by atoms with E-state index in [9.17, 15) is 4.79 Å². The highest BCUT2D eigenvalue weighted by Gasteiger charge is 2.24. The summed E-state index contributed by atoms with van der Waals surface area (Å²) >= 11 is 1.67. The molecule has 0 radical (unpaired) electrons. The minimum Gasteiger partial charge on any atom is -0.384 e. The van der Waals surface area contributed by atoms with Gasteiger partial charge in [-0.2, -0.15) is 0 Å². The third kappa shape index (κ3) is 4.74. The monoisotopic (exact) mass is 245 g/mol. The molecule has 0 saturated carbocycles. The van der Waals surface area contributed by atoms with Crippen LogP contribution in [-0.2, 0) is 9.53 Å². The predicted octanol–water partition coefficient (Wildman–Crippen LogP) is 1.87. The van der Waals surface area contributed by atoms with Gasteiger partial charge in [-0.3, -0.25) is 4.79 Å². The summed E-state index contributed by atoms with van der Waals surface area (Å²) in [5.74, 6) is 3.09. The van der Waals surface area contributed by atoms with Crippen molar-refractivity contribution in [2.45, 2.75) is 20.3 Å². The molecule has 1 amide bonds. The fourth-order valence-electron chi connectivity index (χ4n) is 2.26. The molecule has 1 rings (SSSR count). The maximum absolute atomic E-state index is 11.9. The molecule has 1 fully saturated rings. The molecular weight excluding hydrogens is 222 g/mol. The summed E-state index contributed by atoms with van der Waals surface area (Å²) < 4.78 is 4.96. The Bertz CT molecular complexity index is 213. The van der Waals surface area contributed by atoms with E-state index in [0.29, 0.717) is 23.5 Å². The Morgan fingerprint density at radius 3 is 2.56 bits per heavy atom. The highest BCUT2D eigenvalue weighted by molar-refractivity contribution is 7.99. The van der Waals surface area contributed by atoms with Crippen LogP contribution >= 0.6 is 11.8 Å². The zero-order valence-electron chi connectivity index (χ0n) is 10.6. The Morgan fingerprint density at radius 1 is 1.38 bits per heavy atom. The molecule has 0 aromatic rings. The molecule has 0 aliphatic carbocycles. The highest BCUT2D eigenvalue weighted by Crippen LogP contribution is 2.21. The first kappa shape index (κ1) is 13.8. The van der Waals surface area contributed by atoms with Crippen molar-refractivity contribution in [3.05, 3.63) is 0 Å². The van der Waals surface area contributed by atoms with Gasteiger partial charge in [-0.15, -0.1) is 11.8 Å². The van der Waals surface area contributed by atoms with Crippen molar-refractivity contribution in [3.63, 3.8) is 0 Å². The SMILES string of the molecule is COCCSCC(=O)N1CC(C)CC(C)C1. The number of hydrogen-bond donors (Lipinski definition) is 0. The van der Waals surface area contributed by atoms with Crippen molar-refractivity contribution in [2.75, 3.05) is 38.3 Å². The van der Waals surface area contributed by atoms with Crippen LogP contribution in [0.2, 0.25) is 0 Å². The van der Waals surface area contributed by atoms with E-state index >= 15 is 0 Å². The van der Waals surface area contributed by atoms with Gasteiger partial charge < -0.3 is 9.64 Å². The first-order valence-corrected chi connectivity index (χ1v) is 7.13. The fourth-order valence-corrected chi connectivity index (χ4v) is 3.05. The standard InChI is InChI=1S/C12H23NO2S/c1-10-6-11(2)8-13(7-10)12(14)9-16-5-4-15-3/h10-11H,4-9H2,1-3H3. The summed E-state index contributed by atoms with van der Waals surface area (Å²) in [7, 11) is 1.69. The van der Waals surface area contributed by atoms with Crippen LogP contribution in [0.25, 0.3) is 0 Å². The van der Waals surface area contributed by atoms with Crippen LogP contribution in [0.3, 0.4) is 0 Å². The van der Waals surface area contributed by atoms with Crippen molar-refractivity contribution < 1.29 is 9.53 Å². The average Bonchev–Trinajstić information content (AvgIpc) is 2.22. The molecule has 0 N–H and O–H groups in total. The van der Waals surface area contributed by atoms with Crippen molar-refractivity contribution in [3.8, 4) is 0 Å². The Kier molecular flexibility index (Phi) is 6.21. The molecule has 1 saturated heterocycles. The molecule has 1 aliphatic rings. The summed E-state index contributed by atoms with van der Waals surface area (Å²) in [4.78, 5) is 13.9. The summed E-state index contributed by atoms with van der Waals surface area (Å²) in [6.45, 7) is 7.06. The van der Waals surface area contributed by atoms with Crippen molar-refractivity contribution in [1.82, 2.24) is 4.90 Å². The third-order valence-corrected chi connectivity index (χ3v) is 3.79. The van der Waals surface area contributed by atoms with Crippen LogP contribution in [0.5, 0.6) is 0 Å². The van der Waals surface area contributed by atoms with Crippen molar-refractivity contribution in [2.24, 2.45) is 11.8 Å². The summed E-state index contributed by atoms with van der Waals surface area (Å²) in [5.41, 5.74) is 0. The van der Waals surface area contributed by atoms with Gasteiger partial charge >= 0.3 is 0 Å². The van der Waals surface area contributed by atoms with Crippen LogP contribution in [0.1, 0.15) is 20.3 Å². The zero-order chi connectivity index (χ0) is 12.0. The maximum atomic E-state index is 11.9. The van der Waals surface area contributed by atoms with Gasteiger partial charge in [-0.05, 0) is 18.3 Å². The number of piperidine rings is 1.